The van der Waals surface area contributed by atoms with E-state index in [1.807, 2.05) is 24.3 Å². The average Bonchev–Trinajstić information content (AvgIpc) is 2.05. The molecule has 1 aliphatic heterocycles. The number of hydrazone groups is 1. The van der Waals surface area contributed by atoms with Gasteiger partial charge in [-0.15, -0.1) is 5.10 Å². The first kappa shape index (κ1) is 5.29. The van der Waals surface area contributed by atoms with Crippen molar-refractivity contribution in [3.63, 3.8) is 0 Å². The van der Waals surface area contributed by atoms with E-state index >= 15 is 0 Å². The molecule has 0 aromatic heterocycles. The highest BCUT2D eigenvalue weighted by Gasteiger charge is 2.02. The maximum Gasteiger partial charge on any atom is 0.199 e. The average molecular weight is 134 g/mol. The molecule has 0 saturated heterocycles. The van der Waals surface area contributed by atoms with Crippen LogP contribution in [-0.2, 0) is 0 Å². The lowest BCUT2D eigenvalue weighted by Gasteiger charge is -2.10. The summed E-state index contributed by atoms with van der Waals surface area (Å²) >= 11 is 0. The van der Waals surface area contributed by atoms with Gasteiger partial charge in [-0.2, -0.15) is 0 Å². The highest BCUT2D eigenvalue weighted by atomic mass is 16.5. The van der Waals surface area contributed by atoms with Gasteiger partial charge in [-0.3, -0.25) is 5.43 Å². The molecule has 1 heterocycles. The number of benzene rings is 1. The van der Waals surface area contributed by atoms with Crippen molar-refractivity contribution in [2.45, 2.75) is 0 Å². The van der Waals surface area contributed by atoms with Gasteiger partial charge in [0.25, 0.3) is 0 Å². The zero-order valence-electron chi connectivity index (χ0n) is 5.24. The summed E-state index contributed by atoms with van der Waals surface area (Å²) in [7, 11) is 0. The highest BCUT2D eigenvalue weighted by Crippen LogP contribution is 2.24. The molecule has 0 unspecified atom stereocenters. The van der Waals surface area contributed by atoms with Crippen LogP contribution in [0.1, 0.15) is 0 Å². The van der Waals surface area contributed by atoms with E-state index in [0.29, 0.717) is 0 Å². The number of hydrogen-bond acceptors (Lipinski definition) is 3. The van der Waals surface area contributed by atoms with Gasteiger partial charge in [-0.05, 0) is 12.1 Å². The molecular weight excluding hydrogens is 128 g/mol. The van der Waals surface area contributed by atoms with E-state index in [1.165, 1.54) is 6.40 Å². The van der Waals surface area contributed by atoms with Crippen LogP contribution in [0, 0.1) is 0 Å². The van der Waals surface area contributed by atoms with Gasteiger partial charge >= 0.3 is 0 Å². The first-order valence-electron chi connectivity index (χ1n) is 3.00. The molecule has 1 aromatic rings. The standard InChI is InChI=1S/C7H6N2O/c1-2-4-7-6(3-1)9-8-5-10-7/h1-5,9H. The number of anilines is 1. The molecule has 1 aliphatic rings. The molecule has 10 heavy (non-hydrogen) atoms. The summed E-state index contributed by atoms with van der Waals surface area (Å²) < 4.78 is 5.07. The third-order valence-corrected chi connectivity index (χ3v) is 1.30. The number of hydrogen-bond donors (Lipinski definition) is 1. The normalized spacial score (nSPS) is 13.2. The summed E-state index contributed by atoms with van der Waals surface area (Å²) in [5, 5.41) is 3.72. The fraction of sp³-hybridized carbons (Fsp3) is 0. The Labute approximate surface area is 58.3 Å². The SMILES string of the molecule is C1=NNc2ccccc2O1. The van der Waals surface area contributed by atoms with Gasteiger partial charge in [-0.1, -0.05) is 12.1 Å². The Kier molecular flexibility index (Phi) is 1.07. The number of fused-ring (bicyclic) bond motifs is 1. The summed E-state index contributed by atoms with van der Waals surface area (Å²) in [5.41, 5.74) is 3.71. The minimum atomic E-state index is 0.817. The van der Waals surface area contributed by atoms with Crippen LogP contribution >= 0.6 is 0 Å². The van der Waals surface area contributed by atoms with E-state index in [4.69, 9.17) is 4.74 Å². The Morgan fingerprint density at radius 2 is 2.20 bits per heavy atom. The molecule has 1 N–H and O–H groups in total. The van der Waals surface area contributed by atoms with E-state index in [2.05, 4.69) is 10.5 Å². The van der Waals surface area contributed by atoms with Crippen LogP contribution in [0.4, 0.5) is 5.69 Å². The molecule has 0 bridgehead atoms. The van der Waals surface area contributed by atoms with Gasteiger partial charge in [0.15, 0.2) is 12.2 Å². The molecule has 3 nitrogen and oxygen atoms in total. The Balaban J connectivity index is 2.47. The fourth-order valence-electron chi connectivity index (χ4n) is 0.841. The molecule has 0 saturated carbocycles. The molecule has 0 atom stereocenters. The molecule has 0 aliphatic carbocycles. The Morgan fingerprint density at radius 3 is 3.10 bits per heavy atom. The minimum Gasteiger partial charge on any atom is -0.442 e. The number of nitrogens with zero attached hydrogens (tertiary/aromatic N) is 1. The van der Waals surface area contributed by atoms with Crippen molar-refractivity contribution in [2.75, 3.05) is 5.43 Å². The van der Waals surface area contributed by atoms with Gasteiger partial charge in [0.2, 0.25) is 0 Å². The lowest BCUT2D eigenvalue weighted by molar-refractivity contribution is 0.566. The van der Waals surface area contributed by atoms with Crippen molar-refractivity contribution in [3.8, 4) is 5.75 Å². The third-order valence-electron chi connectivity index (χ3n) is 1.30. The summed E-state index contributed by atoms with van der Waals surface area (Å²) in [6, 6.07) is 7.63. The van der Waals surface area contributed by atoms with Crippen molar-refractivity contribution >= 4 is 12.1 Å². The van der Waals surface area contributed by atoms with Crippen LogP contribution in [0.5, 0.6) is 5.75 Å². The monoisotopic (exact) mass is 134 g/mol. The van der Waals surface area contributed by atoms with Crippen molar-refractivity contribution in [3.05, 3.63) is 24.3 Å². The predicted octanol–water partition coefficient (Wildman–Crippen LogP) is 1.43. The van der Waals surface area contributed by atoms with Crippen LogP contribution in [0.3, 0.4) is 0 Å². The van der Waals surface area contributed by atoms with Gasteiger partial charge in [0, 0.05) is 0 Å². The summed E-state index contributed by atoms with van der Waals surface area (Å²) in [5.74, 6) is 0.817. The lowest BCUT2D eigenvalue weighted by atomic mass is 10.3. The number of nitrogens with one attached hydrogen (secondary N) is 1. The largest absolute Gasteiger partial charge is 0.442 e. The quantitative estimate of drug-likeness (QED) is 0.582. The second-order valence-electron chi connectivity index (χ2n) is 1.96. The van der Waals surface area contributed by atoms with Crippen molar-refractivity contribution in [1.82, 2.24) is 0 Å². The van der Waals surface area contributed by atoms with Gasteiger partial charge in [0.1, 0.15) is 0 Å². The van der Waals surface area contributed by atoms with Crippen LogP contribution < -0.4 is 10.2 Å². The number of ether oxygens (including phenoxy) is 1. The Bertz CT molecular complexity index is 243. The van der Waals surface area contributed by atoms with E-state index in [1.54, 1.807) is 0 Å². The lowest BCUT2D eigenvalue weighted by Crippen LogP contribution is -2.03. The molecule has 1 aromatic carbocycles. The van der Waals surface area contributed by atoms with Gasteiger partial charge in [-0.25, -0.2) is 0 Å². The van der Waals surface area contributed by atoms with Crippen molar-refractivity contribution in [2.24, 2.45) is 5.10 Å². The highest BCUT2D eigenvalue weighted by molar-refractivity contribution is 5.67. The molecule has 2 rings (SSSR count). The molecule has 50 valence electrons. The topological polar surface area (TPSA) is 33.6 Å². The zero-order valence-corrected chi connectivity index (χ0v) is 5.24. The van der Waals surface area contributed by atoms with Crippen LogP contribution in [0.2, 0.25) is 0 Å². The molecule has 3 heteroatoms. The van der Waals surface area contributed by atoms with Crippen LogP contribution in [0.25, 0.3) is 0 Å². The number of rotatable bonds is 0. The fourth-order valence-corrected chi connectivity index (χ4v) is 0.841. The first-order valence-corrected chi connectivity index (χ1v) is 3.00. The van der Waals surface area contributed by atoms with E-state index in [9.17, 15) is 0 Å². The van der Waals surface area contributed by atoms with Crippen molar-refractivity contribution < 1.29 is 4.74 Å². The molecule has 0 spiro atoms. The second-order valence-corrected chi connectivity index (χ2v) is 1.96. The van der Waals surface area contributed by atoms with E-state index in [0.717, 1.165) is 11.4 Å². The summed E-state index contributed by atoms with van der Waals surface area (Å²) in [6.45, 7) is 0. The molecule has 0 fully saturated rings. The summed E-state index contributed by atoms with van der Waals surface area (Å²) in [4.78, 5) is 0. The molecular formula is C7H6N2O. The third kappa shape index (κ3) is 0.719. The number of para-hydroxylation sites is 2. The second kappa shape index (κ2) is 2.02. The zero-order chi connectivity index (χ0) is 6.81. The van der Waals surface area contributed by atoms with Crippen molar-refractivity contribution in [1.29, 1.82) is 0 Å². The van der Waals surface area contributed by atoms with Gasteiger partial charge in [0.05, 0.1) is 5.69 Å². The minimum absolute atomic E-state index is 0.817. The van der Waals surface area contributed by atoms with Crippen LogP contribution in [0.15, 0.2) is 29.4 Å². The Hall–Kier alpha value is -1.51. The van der Waals surface area contributed by atoms with E-state index in [-0.39, 0.29) is 0 Å². The molecule has 0 amide bonds. The Morgan fingerprint density at radius 1 is 1.30 bits per heavy atom. The summed E-state index contributed by atoms with van der Waals surface area (Å²) in [6.07, 6.45) is 1.38. The first-order chi connectivity index (χ1) is 4.97. The maximum atomic E-state index is 5.07. The smallest absolute Gasteiger partial charge is 0.199 e. The van der Waals surface area contributed by atoms with Gasteiger partial charge < -0.3 is 4.74 Å². The van der Waals surface area contributed by atoms with E-state index < -0.39 is 0 Å². The predicted molar refractivity (Wildman–Crippen MR) is 39.2 cm³/mol. The maximum absolute atomic E-state index is 5.07. The van der Waals surface area contributed by atoms with Crippen LogP contribution in [-0.4, -0.2) is 6.40 Å². The molecule has 0 radical (unpaired) electrons.